The topological polar surface area (TPSA) is 63.2 Å². The Kier molecular flexibility index (Phi) is 9.41. The lowest BCUT2D eigenvalue weighted by Crippen LogP contribution is -2.34. The number of hydrogen-bond donors (Lipinski definition) is 0. The van der Waals surface area contributed by atoms with Crippen molar-refractivity contribution in [2.75, 3.05) is 19.8 Å². The average Bonchev–Trinajstić information content (AvgIpc) is 3.46. The zero-order valence-electron chi connectivity index (χ0n) is 18.9. The first-order valence-corrected chi connectivity index (χ1v) is 12.9. The van der Waals surface area contributed by atoms with Gasteiger partial charge in [-0.05, 0) is 40.7 Å². The van der Waals surface area contributed by atoms with Crippen LogP contribution >= 0.6 is 18.5 Å². The van der Waals surface area contributed by atoms with Crippen LogP contribution in [-0.2, 0) is 41.1 Å². The van der Waals surface area contributed by atoms with Crippen molar-refractivity contribution in [2.24, 2.45) is 0 Å². The Balaban J connectivity index is 1.18. The van der Waals surface area contributed by atoms with Crippen LogP contribution in [0.4, 0.5) is 0 Å². The maximum Gasteiger partial charge on any atom is 0.331 e. The second-order valence-corrected chi connectivity index (χ2v) is 8.93. The van der Waals surface area contributed by atoms with Crippen LogP contribution < -0.4 is 0 Å². The van der Waals surface area contributed by atoms with Crippen LogP contribution in [0.5, 0.6) is 0 Å². The number of rotatable bonds is 10. The van der Waals surface area contributed by atoms with Gasteiger partial charge in [-0.25, -0.2) is 14.6 Å². The highest BCUT2D eigenvalue weighted by atomic mass is 31.0. The van der Waals surface area contributed by atoms with Crippen molar-refractivity contribution in [1.29, 1.82) is 0 Å². The zero-order valence-corrected chi connectivity index (χ0v) is 21.2. The summed E-state index contributed by atoms with van der Waals surface area (Å²) in [5, 5.41) is 0. The molecular weight excluding hydrogens is 470 g/mol. The summed E-state index contributed by atoms with van der Waals surface area (Å²) in [6.07, 6.45) is 7.35. The quantitative estimate of drug-likeness (QED) is 0.122. The molecule has 0 spiro atoms. The molecule has 2 aromatic rings. The molecule has 34 heavy (non-hydrogen) atoms. The molecule has 0 aromatic heterocycles. The molecule has 2 aliphatic rings. The van der Waals surface area contributed by atoms with E-state index in [0.717, 1.165) is 23.5 Å². The second kappa shape index (κ2) is 12.7. The van der Waals surface area contributed by atoms with Crippen LogP contribution in [0.3, 0.4) is 0 Å². The number of fused-ring (bicyclic) bond motifs is 1. The summed E-state index contributed by atoms with van der Waals surface area (Å²) in [5.74, 6) is -0.426. The van der Waals surface area contributed by atoms with E-state index >= 15 is 0 Å². The number of ether oxygens (including phenoxy) is 3. The molecule has 0 aliphatic carbocycles. The van der Waals surface area contributed by atoms with Gasteiger partial charge in [0.2, 0.25) is 0 Å². The van der Waals surface area contributed by atoms with Gasteiger partial charge in [-0.3, -0.25) is 0 Å². The van der Waals surface area contributed by atoms with E-state index in [1.54, 1.807) is 6.08 Å². The van der Waals surface area contributed by atoms with Crippen LogP contribution in [-0.4, -0.2) is 50.2 Å². The summed E-state index contributed by atoms with van der Waals surface area (Å²) in [7, 11) is 5.40. The molecule has 2 saturated heterocycles. The van der Waals surface area contributed by atoms with Crippen LogP contribution in [0.25, 0.3) is 12.2 Å². The summed E-state index contributed by atoms with van der Waals surface area (Å²) < 4.78 is 17.1. The van der Waals surface area contributed by atoms with Crippen LogP contribution in [0.15, 0.2) is 60.7 Å². The summed E-state index contributed by atoms with van der Waals surface area (Å²) >= 11 is 0. The molecule has 0 bridgehead atoms. The van der Waals surface area contributed by atoms with Gasteiger partial charge >= 0.3 is 5.97 Å². The highest BCUT2D eigenvalue weighted by Crippen LogP contribution is 2.30. The minimum atomic E-state index is -0.473. The first-order chi connectivity index (χ1) is 16.7. The molecule has 2 fully saturated rings. The Morgan fingerprint density at radius 1 is 0.853 bits per heavy atom. The van der Waals surface area contributed by atoms with E-state index in [2.05, 4.69) is 42.7 Å². The first kappa shape index (κ1) is 25.2. The van der Waals surface area contributed by atoms with Crippen molar-refractivity contribution in [3.63, 3.8) is 0 Å². The molecule has 0 amide bonds. The van der Waals surface area contributed by atoms with E-state index in [1.165, 1.54) is 17.2 Å². The van der Waals surface area contributed by atoms with Crippen molar-refractivity contribution in [2.45, 2.75) is 36.7 Å². The maximum atomic E-state index is 12.3. The number of hydrogen-bond acceptors (Lipinski definition) is 6. The molecular formula is C26H30O6P2. The van der Waals surface area contributed by atoms with Crippen molar-refractivity contribution >= 4 is 36.6 Å². The molecule has 2 aromatic carbocycles. The highest BCUT2D eigenvalue weighted by molar-refractivity contribution is 7.15. The number of benzene rings is 2. The molecule has 0 N–H and O–H groups in total. The summed E-state index contributed by atoms with van der Waals surface area (Å²) in [4.78, 5) is 23.1. The van der Waals surface area contributed by atoms with E-state index in [4.69, 9.17) is 24.0 Å². The monoisotopic (exact) mass is 500 g/mol. The molecule has 2 aliphatic heterocycles. The summed E-state index contributed by atoms with van der Waals surface area (Å²) in [6, 6.07) is 16.3. The average molecular weight is 500 g/mol. The van der Waals surface area contributed by atoms with E-state index in [0.29, 0.717) is 13.2 Å². The Bertz CT molecular complexity index is 989. The number of carbonyl (C=O) groups excluding carboxylic acids is 1. The third kappa shape index (κ3) is 6.82. The zero-order chi connectivity index (χ0) is 23.8. The Morgan fingerprint density at radius 2 is 1.41 bits per heavy atom. The standard InChI is InChI=1S/C26H30O6P2/c27-24(12-11-19-5-9-21(17-34)10-6-19)31-22-14-28-26-23(15-29-25(22)26)32-30-13-1-2-18-3-7-20(16-33)8-4-18/h1-12,22-23,25-26H,13-17,33-34H2/b2-1+,12-11-/t22?,23-,25+,26+/m0/s1. The predicted molar refractivity (Wildman–Crippen MR) is 138 cm³/mol. The fourth-order valence-corrected chi connectivity index (χ4v) is 4.39. The molecule has 6 nitrogen and oxygen atoms in total. The fourth-order valence-electron chi connectivity index (χ4n) is 3.85. The van der Waals surface area contributed by atoms with Crippen LogP contribution in [0.1, 0.15) is 22.3 Å². The van der Waals surface area contributed by atoms with Gasteiger partial charge in [-0.2, -0.15) is 0 Å². The molecule has 0 saturated carbocycles. The first-order valence-electron chi connectivity index (χ1n) is 11.3. The normalized spacial score (nSPS) is 24.2. The Labute approximate surface area is 205 Å². The number of carbonyl (C=O) groups is 1. The minimum Gasteiger partial charge on any atom is -0.454 e. The lowest BCUT2D eigenvalue weighted by molar-refractivity contribution is -0.326. The van der Waals surface area contributed by atoms with Crippen LogP contribution in [0, 0.1) is 0 Å². The molecule has 180 valence electrons. The maximum absolute atomic E-state index is 12.3. The third-order valence-electron chi connectivity index (χ3n) is 5.74. The van der Waals surface area contributed by atoms with Crippen molar-refractivity contribution < 1.29 is 28.8 Å². The highest BCUT2D eigenvalue weighted by Gasteiger charge is 2.50. The van der Waals surface area contributed by atoms with Crippen molar-refractivity contribution in [1.82, 2.24) is 0 Å². The van der Waals surface area contributed by atoms with E-state index < -0.39 is 12.1 Å². The Hall–Kier alpha value is -1.91. The molecule has 6 atom stereocenters. The van der Waals surface area contributed by atoms with Gasteiger partial charge in [0.25, 0.3) is 0 Å². The largest absolute Gasteiger partial charge is 0.454 e. The fraction of sp³-hybridized carbons (Fsp3) is 0.346. The minimum absolute atomic E-state index is 0.268. The van der Waals surface area contributed by atoms with Crippen molar-refractivity contribution in [3.8, 4) is 0 Å². The molecule has 4 rings (SSSR count). The molecule has 2 heterocycles. The molecule has 0 radical (unpaired) electrons. The van der Waals surface area contributed by atoms with E-state index in [-0.39, 0.29) is 24.9 Å². The lowest BCUT2D eigenvalue weighted by atomic mass is 10.1. The molecule has 3 unspecified atom stereocenters. The van der Waals surface area contributed by atoms with Gasteiger partial charge < -0.3 is 14.2 Å². The van der Waals surface area contributed by atoms with Gasteiger partial charge in [-0.15, -0.1) is 18.5 Å². The van der Waals surface area contributed by atoms with Gasteiger partial charge in [-0.1, -0.05) is 60.7 Å². The van der Waals surface area contributed by atoms with Crippen LogP contribution in [0.2, 0.25) is 0 Å². The smallest absolute Gasteiger partial charge is 0.331 e. The van der Waals surface area contributed by atoms with Gasteiger partial charge in [0, 0.05) is 6.08 Å². The molecule has 8 heteroatoms. The van der Waals surface area contributed by atoms with E-state index in [1.807, 2.05) is 36.4 Å². The lowest BCUT2D eigenvalue weighted by Gasteiger charge is -2.16. The van der Waals surface area contributed by atoms with E-state index in [9.17, 15) is 4.79 Å². The van der Waals surface area contributed by atoms with Crippen molar-refractivity contribution in [3.05, 3.63) is 82.9 Å². The Morgan fingerprint density at radius 3 is 2.03 bits per heavy atom. The predicted octanol–water partition coefficient (Wildman–Crippen LogP) is 4.19. The van der Waals surface area contributed by atoms with Gasteiger partial charge in [0.1, 0.15) is 24.9 Å². The summed E-state index contributed by atoms with van der Waals surface area (Å²) in [6.45, 7) is 0.895. The second-order valence-electron chi connectivity index (χ2n) is 8.12. The third-order valence-corrected chi connectivity index (χ3v) is 6.68. The van der Waals surface area contributed by atoms with Gasteiger partial charge in [0.15, 0.2) is 6.10 Å². The summed E-state index contributed by atoms with van der Waals surface area (Å²) in [5.41, 5.74) is 4.53. The number of esters is 1. The van der Waals surface area contributed by atoms with Gasteiger partial charge in [0.05, 0.1) is 13.2 Å². The SMILES string of the molecule is O=C(/C=C\c1ccc(CP)cc1)OC1CO[C@@H]2[C@@H](OOC/C=C/c3ccc(CP)cc3)CO[C@H]12.